The molecule has 2 aromatic carbocycles. The molecule has 0 unspecified atom stereocenters. The number of carbonyl (C=O) groups excluding carboxylic acids is 1. The van der Waals surface area contributed by atoms with E-state index < -0.39 is 0 Å². The predicted octanol–water partition coefficient (Wildman–Crippen LogP) is 5.34. The molecule has 0 bridgehead atoms. The Hall–Kier alpha value is -3.91. The summed E-state index contributed by atoms with van der Waals surface area (Å²) >= 11 is 1.48. The minimum Gasteiger partial charge on any atom is -0.493 e. The van der Waals surface area contributed by atoms with Gasteiger partial charge in [-0.15, -0.1) is 11.3 Å². The number of nitrogens with zero attached hydrogens (tertiary/aromatic N) is 3. The summed E-state index contributed by atoms with van der Waals surface area (Å²) in [7, 11) is 3.18. The van der Waals surface area contributed by atoms with E-state index in [0.29, 0.717) is 23.0 Å². The highest BCUT2D eigenvalue weighted by Crippen LogP contribution is 2.37. The molecule has 8 heteroatoms. The molecule has 0 atom stereocenters. The van der Waals surface area contributed by atoms with E-state index in [2.05, 4.69) is 9.97 Å². The second-order valence-corrected chi connectivity index (χ2v) is 8.02. The number of benzene rings is 2. The first-order valence-electron chi connectivity index (χ1n) is 9.87. The Balaban J connectivity index is 1.46. The molecule has 3 aromatic heterocycles. The maximum Gasteiger partial charge on any atom is 0.237 e. The second kappa shape index (κ2) is 8.32. The van der Waals surface area contributed by atoms with Gasteiger partial charge in [0, 0.05) is 40.8 Å². The molecule has 0 amide bonds. The molecule has 160 valence electrons. The lowest BCUT2D eigenvalue weighted by molar-refractivity contribution is 0.0919. The topological polar surface area (TPSA) is 75.5 Å². The number of hydrogen-bond donors (Lipinski definition) is 0. The van der Waals surface area contributed by atoms with Crippen molar-refractivity contribution in [2.45, 2.75) is 6.42 Å². The molecule has 0 spiro atoms. The first-order chi connectivity index (χ1) is 15.7. The van der Waals surface area contributed by atoms with Gasteiger partial charge in [-0.25, -0.2) is 4.98 Å². The maximum absolute atomic E-state index is 12.7. The van der Waals surface area contributed by atoms with E-state index in [4.69, 9.17) is 14.2 Å². The van der Waals surface area contributed by atoms with Gasteiger partial charge in [0.15, 0.2) is 11.5 Å². The van der Waals surface area contributed by atoms with Crippen LogP contribution >= 0.6 is 11.3 Å². The molecular weight excluding hydrogens is 426 g/mol. The largest absolute Gasteiger partial charge is 0.493 e. The van der Waals surface area contributed by atoms with Gasteiger partial charge in [0.2, 0.25) is 5.91 Å². The van der Waals surface area contributed by atoms with E-state index in [-0.39, 0.29) is 12.3 Å². The van der Waals surface area contributed by atoms with E-state index >= 15 is 0 Å². The van der Waals surface area contributed by atoms with Crippen LogP contribution in [0.15, 0.2) is 66.4 Å². The fourth-order valence-electron chi connectivity index (χ4n) is 3.62. The number of hydrogen-bond acceptors (Lipinski definition) is 7. The maximum atomic E-state index is 12.7. The van der Waals surface area contributed by atoms with Gasteiger partial charge in [0.1, 0.15) is 16.5 Å². The molecule has 3 heterocycles. The van der Waals surface area contributed by atoms with Gasteiger partial charge in [-0.05, 0) is 36.4 Å². The van der Waals surface area contributed by atoms with Crippen LogP contribution in [0.2, 0.25) is 0 Å². The number of carbonyl (C=O) groups is 1. The summed E-state index contributed by atoms with van der Waals surface area (Å²) < 4.78 is 18.6. The van der Waals surface area contributed by atoms with Crippen LogP contribution in [0.4, 0.5) is 0 Å². The van der Waals surface area contributed by atoms with Crippen LogP contribution in [0, 0.1) is 0 Å². The first-order valence-corrected chi connectivity index (χ1v) is 10.8. The van der Waals surface area contributed by atoms with Crippen molar-refractivity contribution in [2.24, 2.45) is 0 Å². The average molecular weight is 446 g/mol. The number of ether oxygens (including phenoxy) is 3. The minimum atomic E-state index is -0.0233. The first kappa shape index (κ1) is 20.0. The molecule has 7 nitrogen and oxygen atoms in total. The molecular formula is C24H19N3O4S. The molecule has 0 aliphatic carbocycles. The molecule has 0 saturated heterocycles. The molecule has 32 heavy (non-hydrogen) atoms. The Morgan fingerprint density at radius 2 is 1.81 bits per heavy atom. The standard InChI is InChI=1S/C24H19N3O4S/c1-29-21-12-17-18(13-22(21)30-2)25-7-5-20(17)31-16-3-4-19-15(11-16)6-9-27(19)24(28)14-23-26-8-10-32-23/h3-13H,14H2,1-2H3. The van der Waals surface area contributed by atoms with E-state index in [1.54, 1.807) is 43.4 Å². The van der Waals surface area contributed by atoms with Crippen LogP contribution in [-0.2, 0) is 6.42 Å². The molecule has 0 aliphatic heterocycles. The third-order valence-corrected chi connectivity index (χ3v) is 5.93. The third-order valence-electron chi connectivity index (χ3n) is 5.15. The minimum absolute atomic E-state index is 0.0233. The molecule has 5 rings (SSSR count). The fourth-order valence-corrected chi connectivity index (χ4v) is 4.23. The number of aromatic nitrogens is 3. The number of thiazole rings is 1. The summed E-state index contributed by atoms with van der Waals surface area (Å²) in [6, 6.07) is 13.0. The molecule has 0 saturated carbocycles. The van der Waals surface area contributed by atoms with Crippen LogP contribution < -0.4 is 14.2 Å². The van der Waals surface area contributed by atoms with Crippen LogP contribution in [0.5, 0.6) is 23.0 Å². The Kier molecular flexibility index (Phi) is 5.20. The smallest absolute Gasteiger partial charge is 0.237 e. The van der Waals surface area contributed by atoms with Crippen molar-refractivity contribution in [2.75, 3.05) is 14.2 Å². The van der Waals surface area contributed by atoms with Crippen molar-refractivity contribution in [3.05, 3.63) is 71.4 Å². The van der Waals surface area contributed by atoms with Crippen molar-refractivity contribution in [3.8, 4) is 23.0 Å². The van der Waals surface area contributed by atoms with Gasteiger partial charge >= 0.3 is 0 Å². The second-order valence-electron chi connectivity index (χ2n) is 7.04. The van der Waals surface area contributed by atoms with Crippen molar-refractivity contribution in [1.29, 1.82) is 0 Å². The normalized spacial score (nSPS) is 11.1. The summed E-state index contributed by atoms with van der Waals surface area (Å²) in [5.41, 5.74) is 1.56. The lowest BCUT2D eigenvalue weighted by atomic mass is 10.1. The van der Waals surface area contributed by atoms with Crippen LogP contribution in [0.1, 0.15) is 9.80 Å². The van der Waals surface area contributed by atoms with Gasteiger partial charge < -0.3 is 14.2 Å². The average Bonchev–Trinajstić information content (AvgIpc) is 3.48. The number of pyridine rings is 1. The van der Waals surface area contributed by atoms with Gasteiger partial charge in [-0.1, -0.05) is 0 Å². The Labute approximate surface area is 187 Å². The van der Waals surface area contributed by atoms with Gasteiger partial charge in [-0.2, -0.15) is 0 Å². The highest BCUT2D eigenvalue weighted by Gasteiger charge is 2.14. The zero-order valence-electron chi connectivity index (χ0n) is 17.4. The van der Waals surface area contributed by atoms with Crippen molar-refractivity contribution >= 4 is 39.0 Å². The Morgan fingerprint density at radius 3 is 2.59 bits per heavy atom. The van der Waals surface area contributed by atoms with Crippen LogP contribution in [-0.4, -0.2) is 34.7 Å². The van der Waals surface area contributed by atoms with E-state index in [9.17, 15) is 4.79 Å². The summed E-state index contributed by atoms with van der Waals surface area (Å²) in [5.74, 6) is 2.49. The molecule has 0 fully saturated rings. The highest BCUT2D eigenvalue weighted by atomic mass is 32.1. The zero-order valence-corrected chi connectivity index (χ0v) is 18.3. The van der Waals surface area contributed by atoms with E-state index in [0.717, 1.165) is 26.8 Å². The van der Waals surface area contributed by atoms with Crippen LogP contribution in [0.25, 0.3) is 21.8 Å². The summed E-state index contributed by atoms with van der Waals surface area (Å²) in [5, 5.41) is 4.39. The van der Waals surface area contributed by atoms with Gasteiger partial charge in [-0.3, -0.25) is 14.3 Å². The number of fused-ring (bicyclic) bond motifs is 2. The highest BCUT2D eigenvalue weighted by molar-refractivity contribution is 7.09. The van der Waals surface area contributed by atoms with Crippen molar-refractivity contribution < 1.29 is 19.0 Å². The zero-order chi connectivity index (χ0) is 22.1. The van der Waals surface area contributed by atoms with Crippen molar-refractivity contribution in [1.82, 2.24) is 14.5 Å². The van der Waals surface area contributed by atoms with E-state index in [1.165, 1.54) is 11.3 Å². The quantitative estimate of drug-likeness (QED) is 0.351. The molecule has 0 radical (unpaired) electrons. The fraction of sp³-hybridized carbons (Fsp3) is 0.125. The summed E-state index contributed by atoms with van der Waals surface area (Å²) in [6.45, 7) is 0. The van der Waals surface area contributed by atoms with Crippen molar-refractivity contribution in [3.63, 3.8) is 0 Å². The predicted molar refractivity (Wildman–Crippen MR) is 123 cm³/mol. The number of methoxy groups -OCH3 is 2. The third kappa shape index (κ3) is 3.65. The Bertz CT molecular complexity index is 1430. The SMILES string of the molecule is COc1cc2nccc(Oc3ccc4c(ccn4C(=O)Cc4nccs4)c3)c2cc1OC. The molecule has 0 aliphatic rings. The van der Waals surface area contributed by atoms with Crippen LogP contribution in [0.3, 0.4) is 0 Å². The summed E-state index contributed by atoms with van der Waals surface area (Å²) in [4.78, 5) is 21.3. The lowest BCUT2D eigenvalue weighted by Gasteiger charge is -2.12. The van der Waals surface area contributed by atoms with E-state index in [1.807, 2.05) is 41.8 Å². The van der Waals surface area contributed by atoms with Gasteiger partial charge in [0.05, 0.1) is 31.7 Å². The van der Waals surface area contributed by atoms with Gasteiger partial charge in [0.25, 0.3) is 0 Å². The summed E-state index contributed by atoms with van der Waals surface area (Å²) in [6.07, 6.45) is 5.45. The number of rotatable bonds is 6. The lowest BCUT2D eigenvalue weighted by Crippen LogP contribution is -2.11. The molecule has 0 N–H and O–H groups in total. The monoisotopic (exact) mass is 445 g/mol. The Morgan fingerprint density at radius 1 is 0.969 bits per heavy atom. The molecule has 5 aromatic rings.